The van der Waals surface area contributed by atoms with E-state index in [1.165, 1.54) is 6.08 Å². The zero-order valence-electron chi connectivity index (χ0n) is 16.9. The zero-order chi connectivity index (χ0) is 20.6. The van der Waals surface area contributed by atoms with Gasteiger partial charge in [-0.1, -0.05) is 45.6 Å². The average molecular weight is 380 g/mol. The van der Waals surface area contributed by atoms with Crippen LogP contribution in [-0.2, 0) is 11.2 Å². The Bertz CT molecular complexity index is 691. The molecule has 0 heterocycles. The van der Waals surface area contributed by atoms with E-state index in [4.69, 9.17) is 4.74 Å². The highest BCUT2D eigenvalue weighted by atomic mass is 19.2. The minimum absolute atomic E-state index is 0.0216. The molecule has 0 radical (unpaired) electrons. The molecule has 150 valence electrons. The topological polar surface area (TPSA) is 9.23 Å². The molecule has 4 heteroatoms. The lowest BCUT2D eigenvalue weighted by Crippen LogP contribution is -2.06. The quantitative estimate of drug-likeness (QED) is 0.291. The summed E-state index contributed by atoms with van der Waals surface area (Å²) in [4.78, 5) is 0. The Morgan fingerprint density at radius 2 is 1.78 bits per heavy atom. The Morgan fingerprint density at radius 1 is 1.11 bits per heavy atom. The normalized spacial score (nSPS) is 14.0. The van der Waals surface area contributed by atoms with Crippen LogP contribution in [0.1, 0.15) is 51.2 Å². The van der Waals surface area contributed by atoms with Crippen molar-refractivity contribution in [1.82, 2.24) is 0 Å². The van der Waals surface area contributed by atoms with Crippen molar-refractivity contribution >= 4 is 0 Å². The molecule has 0 aliphatic heterocycles. The second-order valence-electron chi connectivity index (χ2n) is 7.21. The SMILES string of the molecule is C=C(/C=C(/F)C(=C)C(C)CCC(C)CCc1ccc(C)c(F)c1F)OCC. The highest BCUT2D eigenvalue weighted by Gasteiger charge is 2.15. The third-order valence-corrected chi connectivity index (χ3v) is 4.87. The second-order valence-corrected chi connectivity index (χ2v) is 7.21. The molecule has 0 aromatic heterocycles. The molecule has 0 saturated heterocycles. The molecule has 1 nitrogen and oxygen atoms in total. The molecule has 0 bridgehead atoms. The van der Waals surface area contributed by atoms with Crippen LogP contribution in [0.25, 0.3) is 0 Å². The summed E-state index contributed by atoms with van der Waals surface area (Å²) in [6.45, 7) is 15.3. The van der Waals surface area contributed by atoms with Crippen molar-refractivity contribution in [3.63, 3.8) is 0 Å². The fraction of sp³-hybridized carbons (Fsp3) is 0.478. The van der Waals surface area contributed by atoms with Gasteiger partial charge in [0.2, 0.25) is 0 Å². The van der Waals surface area contributed by atoms with Crippen LogP contribution in [-0.4, -0.2) is 6.61 Å². The van der Waals surface area contributed by atoms with Crippen molar-refractivity contribution in [2.24, 2.45) is 11.8 Å². The Labute approximate surface area is 161 Å². The molecular weight excluding hydrogens is 349 g/mol. The van der Waals surface area contributed by atoms with Crippen LogP contribution in [0.2, 0.25) is 0 Å². The predicted octanol–water partition coefficient (Wildman–Crippen LogP) is 7.22. The van der Waals surface area contributed by atoms with Gasteiger partial charge in [0.15, 0.2) is 11.6 Å². The standard InChI is InChI=1S/C23H31F3O/c1-7-27-18(5)14-21(24)19(6)16(3)10-8-15(2)9-12-20-13-11-17(4)22(25)23(20)26/h11,13-16H,5-10,12H2,1-4H3/b21-14+. The lowest BCUT2D eigenvalue weighted by molar-refractivity contribution is 0.243. The number of rotatable bonds is 11. The Kier molecular flexibility index (Phi) is 9.40. The number of allylic oxidation sites excluding steroid dienone is 3. The maximum Gasteiger partial charge on any atom is 0.162 e. The first kappa shape index (κ1) is 23.1. The smallest absolute Gasteiger partial charge is 0.162 e. The van der Waals surface area contributed by atoms with Gasteiger partial charge >= 0.3 is 0 Å². The van der Waals surface area contributed by atoms with Crippen LogP contribution in [0.3, 0.4) is 0 Å². The van der Waals surface area contributed by atoms with E-state index in [9.17, 15) is 13.2 Å². The molecular formula is C23H31F3O. The molecule has 0 amide bonds. The molecule has 1 aromatic carbocycles. The summed E-state index contributed by atoms with van der Waals surface area (Å²) in [5, 5.41) is 0. The van der Waals surface area contributed by atoms with Crippen LogP contribution >= 0.6 is 0 Å². The van der Waals surface area contributed by atoms with E-state index < -0.39 is 17.5 Å². The first-order valence-corrected chi connectivity index (χ1v) is 9.48. The molecule has 0 aliphatic rings. The minimum Gasteiger partial charge on any atom is -0.494 e. The van der Waals surface area contributed by atoms with Gasteiger partial charge in [0.1, 0.15) is 11.6 Å². The lowest BCUT2D eigenvalue weighted by atomic mass is 9.89. The zero-order valence-corrected chi connectivity index (χ0v) is 16.9. The summed E-state index contributed by atoms with van der Waals surface area (Å²) < 4.78 is 46.9. The summed E-state index contributed by atoms with van der Waals surface area (Å²) >= 11 is 0. The van der Waals surface area contributed by atoms with E-state index in [1.54, 1.807) is 19.1 Å². The summed E-state index contributed by atoms with van der Waals surface area (Å²) in [5.74, 6) is -1.34. The molecule has 0 spiro atoms. The molecule has 0 saturated carbocycles. The van der Waals surface area contributed by atoms with Gasteiger partial charge in [0, 0.05) is 6.08 Å². The summed E-state index contributed by atoms with van der Waals surface area (Å²) in [7, 11) is 0. The molecule has 0 fully saturated rings. The van der Waals surface area contributed by atoms with Crippen LogP contribution < -0.4 is 0 Å². The minimum atomic E-state index is -0.763. The Hall–Kier alpha value is -1.97. The van der Waals surface area contributed by atoms with Gasteiger partial charge in [-0.25, -0.2) is 13.2 Å². The van der Waals surface area contributed by atoms with Crippen LogP contribution in [0.15, 0.2) is 48.5 Å². The van der Waals surface area contributed by atoms with Gasteiger partial charge in [-0.15, -0.1) is 0 Å². The number of halogens is 3. The predicted molar refractivity (Wildman–Crippen MR) is 106 cm³/mol. The van der Waals surface area contributed by atoms with E-state index in [0.717, 1.165) is 19.3 Å². The van der Waals surface area contributed by atoms with E-state index in [1.807, 2.05) is 13.8 Å². The highest BCUT2D eigenvalue weighted by Crippen LogP contribution is 2.27. The van der Waals surface area contributed by atoms with Gasteiger partial charge < -0.3 is 4.74 Å². The fourth-order valence-corrected chi connectivity index (χ4v) is 2.83. The van der Waals surface area contributed by atoms with E-state index in [-0.39, 0.29) is 11.7 Å². The van der Waals surface area contributed by atoms with Gasteiger partial charge in [0.25, 0.3) is 0 Å². The number of benzene rings is 1. The van der Waals surface area contributed by atoms with Gasteiger partial charge in [0.05, 0.1) is 6.61 Å². The number of hydrogen-bond acceptors (Lipinski definition) is 1. The third kappa shape index (κ3) is 7.28. The van der Waals surface area contributed by atoms with Crippen molar-refractivity contribution in [2.75, 3.05) is 6.61 Å². The fourth-order valence-electron chi connectivity index (χ4n) is 2.83. The number of aryl methyl sites for hydroxylation is 2. The third-order valence-electron chi connectivity index (χ3n) is 4.87. The van der Waals surface area contributed by atoms with Crippen molar-refractivity contribution in [3.8, 4) is 0 Å². The summed E-state index contributed by atoms with van der Waals surface area (Å²) in [6.07, 6.45) is 4.13. The molecule has 0 N–H and O–H groups in total. The largest absolute Gasteiger partial charge is 0.494 e. The highest BCUT2D eigenvalue weighted by molar-refractivity contribution is 5.29. The van der Waals surface area contributed by atoms with E-state index >= 15 is 0 Å². The van der Waals surface area contributed by atoms with Gasteiger partial charge in [-0.3, -0.25) is 0 Å². The average Bonchev–Trinajstić information content (AvgIpc) is 2.63. The van der Waals surface area contributed by atoms with E-state index in [2.05, 4.69) is 20.1 Å². The molecule has 0 aliphatic carbocycles. The first-order chi connectivity index (χ1) is 12.7. The van der Waals surface area contributed by atoms with Crippen LogP contribution in [0.5, 0.6) is 0 Å². The number of hydrogen-bond donors (Lipinski definition) is 0. The van der Waals surface area contributed by atoms with Crippen LogP contribution in [0.4, 0.5) is 13.2 Å². The molecule has 27 heavy (non-hydrogen) atoms. The maximum absolute atomic E-state index is 14.2. The molecule has 2 unspecified atom stereocenters. The number of ether oxygens (including phenoxy) is 1. The maximum atomic E-state index is 14.2. The van der Waals surface area contributed by atoms with Gasteiger partial charge in [-0.2, -0.15) is 0 Å². The van der Waals surface area contributed by atoms with Crippen molar-refractivity contribution in [1.29, 1.82) is 0 Å². The summed E-state index contributed by atoms with van der Waals surface area (Å²) in [5.41, 5.74) is 1.15. The van der Waals surface area contributed by atoms with Gasteiger partial charge in [-0.05, 0) is 61.6 Å². The Balaban J connectivity index is 2.49. The van der Waals surface area contributed by atoms with Crippen molar-refractivity contribution in [2.45, 2.75) is 53.4 Å². The second kappa shape index (κ2) is 11.0. The molecule has 1 aromatic rings. The van der Waals surface area contributed by atoms with Crippen molar-refractivity contribution < 1.29 is 17.9 Å². The molecule has 1 rings (SSSR count). The molecule has 2 atom stereocenters. The Morgan fingerprint density at radius 3 is 2.41 bits per heavy atom. The summed E-state index contributed by atoms with van der Waals surface area (Å²) in [6, 6.07) is 3.26. The lowest BCUT2D eigenvalue weighted by Gasteiger charge is -2.17. The van der Waals surface area contributed by atoms with Crippen molar-refractivity contribution in [3.05, 3.63) is 71.3 Å². The van der Waals surface area contributed by atoms with Crippen LogP contribution in [0, 0.1) is 30.4 Å². The first-order valence-electron chi connectivity index (χ1n) is 9.48. The monoisotopic (exact) mass is 380 g/mol. The van der Waals surface area contributed by atoms with E-state index in [0.29, 0.717) is 35.6 Å².